The van der Waals surface area contributed by atoms with Crippen molar-refractivity contribution in [1.82, 2.24) is 28.7 Å². The SMILES string of the molecule is C#C/C=C\C(=C/C)n1c(-c2ccc(C(C)(C)C)cc2)nc2c1c1nc(-c3ccc(C(C)(C)C)cc3)n(-c3ccc(OC(=O)C=C)cc3)c1c1nc(-c3ccc(C(C)(C)C)cc3)n(-c3ccc(OC(=O)C=C)cc3)c21. The van der Waals surface area contributed by atoms with E-state index in [2.05, 4.69) is 168 Å². The maximum absolute atomic E-state index is 12.4. The molecule has 0 unspecified atom stereocenters. The molecule has 6 aromatic carbocycles. The van der Waals surface area contributed by atoms with Gasteiger partial charge >= 0.3 is 11.9 Å². The Bertz CT molecular complexity index is 3660. The van der Waals surface area contributed by atoms with Gasteiger partial charge in [0.25, 0.3) is 0 Å². The lowest BCUT2D eigenvalue weighted by atomic mass is 9.86. The molecule has 0 saturated heterocycles. The summed E-state index contributed by atoms with van der Waals surface area (Å²) in [6, 6.07) is 40.3. The monoisotopic (exact) mass is 976 g/mol. The fourth-order valence-electron chi connectivity index (χ4n) is 9.18. The van der Waals surface area contributed by atoms with Gasteiger partial charge in [0.15, 0.2) is 0 Å². The first-order valence-electron chi connectivity index (χ1n) is 24.6. The number of rotatable bonds is 11. The molecule has 3 heterocycles. The van der Waals surface area contributed by atoms with Crippen molar-refractivity contribution in [2.75, 3.05) is 0 Å². The average Bonchev–Trinajstić information content (AvgIpc) is 4.09. The van der Waals surface area contributed by atoms with E-state index in [1.807, 2.05) is 43.3 Å². The Hall–Kier alpha value is -8.81. The maximum Gasteiger partial charge on any atom is 0.335 e. The lowest BCUT2D eigenvalue weighted by Crippen LogP contribution is -2.10. The summed E-state index contributed by atoms with van der Waals surface area (Å²) in [6.45, 7) is 28.9. The van der Waals surface area contributed by atoms with Crippen LogP contribution in [0.25, 0.3) is 84.3 Å². The minimum atomic E-state index is -0.564. The van der Waals surface area contributed by atoms with E-state index in [1.165, 1.54) is 16.7 Å². The van der Waals surface area contributed by atoms with E-state index in [1.54, 1.807) is 30.3 Å². The highest BCUT2D eigenvalue weighted by Gasteiger charge is 2.31. The molecule has 10 nitrogen and oxygen atoms in total. The van der Waals surface area contributed by atoms with Gasteiger partial charge in [0.1, 0.15) is 62.1 Å². The highest BCUT2D eigenvalue weighted by atomic mass is 16.5. The minimum absolute atomic E-state index is 0.0889. The third-order valence-corrected chi connectivity index (χ3v) is 13.2. The van der Waals surface area contributed by atoms with Crippen molar-refractivity contribution < 1.29 is 19.1 Å². The van der Waals surface area contributed by atoms with Crippen molar-refractivity contribution in [2.45, 2.75) is 85.5 Å². The zero-order valence-electron chi connectivity index (χ0n) is 43.7. The second-order valence-corrected chi connectivity index (χ2v) is 21.3. The molecule has 0 aliphatic heterocycles. The number of imidazole rings is 3. The lowest BCUT2D eigenvalue weighted by molar-refractivity contribution is -0.129. The van der Waals surface area contributed by atoms with Crippen LogP contribution >= 0.6 is 0 Å². The molecule has 0 spiro atoms. The molecular formula is C64H60N6O4. The Morgan fingerprint density at radius 3 is 1.18 bits per heavy atom. The van der Waals surface area contributed by atoms with Gasteiger partial charge in [-0.1, -0.05) is 160 Å². The molecule has 0 saturated carbocycles. The van der Waals surface area contributed by atoms with E-state index >= 15 is 0 Å². The van der Waals surface area contributed by atoms with E-state index in [0.717, 1.165) is 45.9 Å². The first-order valence-corrected chi connectivity index (χ1v) is 24.6. The number of esters is 2. The molecule has 0 atom stereocenters. The topological polar surface area (TPSA) is 106 Å². The third kappa shape index (κ3) is 9.41. The van der Waals surface area contributed by atoms with Crippen LogP contribution in [0.3, 0.4) is 0 Å². The number of hydrogen-bond acceptors (Lipinski definition) is 7. The predicted octanol–water partition coefficient (Wildman–Crippen LogP) is 14.8. The third-order valence-electron chi connectivity index (χ3n) is 13.2. The molecular weight excluding hydrogens is 917 g/mol. The van der Waals surface area contributed by atoms with E-state index in [-0.39, 0.29) is 16.2 Å². The van der Waals surface area contributed by atoms with Crippen molar-refractivity contribution >= 4 is 50.7 Å². The van der Waals surface area contributed by atoms with Gasteiger partial charge in [-0.2, -0.15) is 0 Å². The van der Waals surface area contributed by atoms with Gasteiger partial charge in [-0.3, -0.25) is 13.7 Å². The van der Waals surface area contributed by atoms with E-state index in [9.17, 15) is 9.59 Å². The number of ether oxygens (including phenoxy) is 2. The number of carbonyl (C=O) groups excluding carboxylic acids is 2. The van der Waals surface area contributed by atoms with E-state index in [0.29, 0.717) is 62.1 Å². The molecule has 0 N–H and O–H groups in total. The summed E-state index contributed by atoms with van der Waals surface area (Å²) in [5, 5.41) is 0. The fraction of sp³-hybridized carbons (Fsp3) is 0.203. The minimum Gasteiger partial charge on any atom is -0.423 e. The summed E-state index contributed by atoms with van der Waals surface area (Å²) in [5.74, 6) is 4.25. The van der Waals surface area contributed by atoms with Gasteiger partial charge in [-0.25, -0.2) is 24.5 Å². The average molecular weight is 977 g/mol. The molecule has 3 aromatic heterocycles. The highest BCUT2D eigenvalue weighted by Crippen LogP contribution is 2.45. The number of aromatic nitrogens is 6. The second kappa shape index (κ2) is 19.3. The molecule has 10 heteroatoms. The van der Waals surface area contributed by atoms with Crippen molar-refractivity contribution in [1.29, 1.82) is 0 Å². The van der Waals surface area contributed by atoms with Crippen LogP contribution in [0.15, 0.2) is 165 Å². The normalized spacial score (nSPS) is 12.4. The molecule has 9 aromatic rings. The van der Waals surface area contributed by atoms with Crippen LogP contribution in [0.2, 0.25) is 0 Å². The van der Waals surface area contributed by atoms with Crippen LogP contribution in [0.5, 0.6) is 11.5 Å². The van der Waals surface area contributed by atoms with Gasteiger partial charge in [-0.15, -0.1) is 6.42 Å². The van der Waals surface area contributed by atoms with Crippen molar-refractivity contribution in [3.05, 3.63) is 182 Å². The smallest absolute Gasteiger partial charge is 0.335 e. The molecule has 0 amide bonds. The maximum atomic E-state index is 12.4. The van der Waals surface area contributed by atoms with E-state index < -0.39 is 11.9 Å². The molecule has 0 aliphatic carbocycles. The molecule has 370 valence electrons. The molecule has 0 bridgehead atoms. The molecule has 0 aliphatic rings. The Labute approximate surface area is 433 Å². The summed E-state index contributed by atoms with van der Waals surface area (Å²) in [6.07, 6.45) is 13.8. The first kappa shape index (κ1) is 50.1. The van der Waals surface area contributed by atoms with Crippen LogP contribution < -0.4 is 9.47 Å². The van der Waals surface area contributed by atoms with Crippen molar-refractivity contribution in [3.63, 3.8) is 0 Å². The summed E-state index contributed by atoms with van der Waals surface area (Å²) >= 11 is 0. The fourth-order valence-corrected chi connectivity index (χ4v) is 9.18. The largest absolute Gasteiger partial charge is 0.423 e. The zero-order valence-corrected chi connectivity index (χ0v) is 43.7. The zero-order chi connectivity index (χ0) is 52.9. The summed E-state index contributed by atoms with van der Waals surface area (Å²) in [4.78, 5) is 41.9. The molecule has 9 rings (SSSR count). The lowest BCUT2D eigenvalue weighted by Gasteiger charge is -2.19. The Balaban J connectivity index is 1.52. The standard InChI is InChI=1S/C64H60N6O4/c1-14-18-19-46(15-2)68-56-53(65-59(68)40-20-26-43(27-21-40)62(5,6)7)57-55(67-61(42-24-30-45(31-25-42)64(11,12)13)69(57)47-32-36-49(37-33-47)73-51(71)16-3)58-54(56)66-60(41-22-28-44(29-23-41)63(8,9)10)70(58)48-34-38-50(39-35-48)74-52(72)17-4/h1,15-39H,3-4H2,2,5-13H3/b19-18-,46-15+. The number of hydrogen-bond donors (Lipinski definition) is 0. The summed E-state index contributed by atoms with van der Waals surface area (Å²) < 4.78 is 17.6. The van der Waals surface area contributed by atoms with Crippen LogP contribution in [-0.4, -0.2) is 40.6 Å². The summed E-state index contributed by atoms with van der Waals surface area (Å²) in [5.41, 5.74) is 12.1. The predicted molar refractivity (Wildman–Crippen MR) is 301 cm³/mol. The number of fused-ring (bicyclic) bond motifs is 6. The quantitative estimate of drug-likeness (QED) is 0.0418. The van der Waals surface area contributed by atoms with E-state index in [4.69, 9.17) is 30.8 Å². The van der Waals surface area contributed by atoms with Crippen LogP contribution in [-0.2, 0) is 25.8 Å². The van der Waals surface area contributed by atoms with Gasteiger partial charge in [0, 0.05) is 45.9 Å². The van der Waals surface area contributed by atoms with Crippen molar-refractivity contribution in [2.24, 2.45) is 0 Å². The van der Waals surface area contributed by atoms with Crippen molar-refractivity contribution in [3.8, 4) is 69.4 Å². The Morgan fingerprint density at radius 1 is 0.514 bits per heavy atom. The number of allylic oxidation sites excluding steroid dienone is 4. The Kier molecular flexibility index (Phi) is 13.1. The van der Waals surface area contributed by atoms with Gasteiger partial charge in [0.2, 0.25) is 0 Å². The summed E-state index contributed by atoms with van der Waals surface area (Å²) in [7, 11) is 0. The van der Waals surface area contributed by atoms with Gasteiger partial charge in [0.05, 0.1) is 0 Å². The number of benzene rings is 6. The molecule has 0 radical (unpaired) electrons. The number of nitrogens with zero attached hydrogens (tertiary/aromatic N) is 6. The van der Waals surface area contributed by atoms with Crippen LogP contribution in [0.1, 0.15) is 85.9 Å². The van der Waals surface area contributed by atoms with Gasteiger partial charge in [-0.05, 0) is 101 Å². The number of carbonyl (C=O) groups is 2. The van der Waals surface area contributed by atoms with Crippen LogP contribution in [0.4, 0.5) is 0 Å². The molecule has 74 heavy (non-hydrogen) atoms. The van der Waals surface area contributed by atoms with Crippen LogP contribution in [0, 0.1) is 12.3 Å². The first-order chi connectivity index (χ1) is 35.2. The molecule has 0 fully saturated rings. The van der Waals surface area contributed by atoms with Gasteiger partial charge < -0.3 is 9.47 Å². The Morgan fingerprint density at radius 2 is 0.851 bits per heavy atom. The second-order valence-electron chi connectivity index (χ2n) is 21.3. The number of terminal acetylenes is 1. The highest BCUT2D eigenvalue weighted by molar-refractivity contribution is 6.22.